The van der Waals surface area contributed by atoms with Gasteiger partial charge in [0.25, 0.3) is 0 Å². The molecule has 9 heteroatoms. The van der Waals surface area contributed by atoms with Crippen molar-refractivity contribution in [2.24, 2.45) is 5.73 Å². The van der Waals surface area contributed by atoms with Crippen LogP contribution < -0.4 is 16.2 Å². The van der Waals surface area contributed by atoms with Crippen LogP contribution in [0.1, 0.15) is 18.1 Å². The zero-order valence-electron chi connectivity index (χ0n) is 13.8. The maximum absolute atomic E-state index is 11.1. The molecule has 0 aliphatic heterocycles. The molecule has 2 rings (SSSR count). The van der Waals surface area contributed by atoms with Gasteiger partial charge in [-0.2, -0.15) is 10.5 Å². The van der Waals surface area contributed by atoms with E-state index in [1.165, 1.54) is 18.2 Å². The van der Waals surface area contributed by atoms with Crippen molar-refractivity contribution in [2.45, 2.75) is 11.9 Å². The summed E-state index contributed by atoms with van der Waals surface area (Å²) >= 11 is 0.961. The van der Waals surface area contributed by atoms with Gasteiger partial charge in [-0.15, -0.1) is 0 Å². The largest absolute Gasteiger partial charge is 0.504 e. The Morgan fingerprint density at radius 2 is 2.04 bits per heavy atom. The summed E-state index contributed by atoms with van der Waals surface area (Å²) < 4.78 is 5.36. The number of primary amides is 1. The van der Waals surface area contributed by atoms with E-state index >= 15 is 0 Å². The van der Waals surface area contributed by atoms with Crippen molar-refractivity contribution < 1.29 is 14.6 Å². The topological polar surface area (TPSA) is 159 Å². The van der Waals surface area contributed by atoms with E-state index in [0.29, 0.717) is 12.2 Å². The molecule has 26 heavy (non-hydrogen) atoms. The van der Waals surface area contributed by atoms with Gasteiger partial charge in [0.15, 0.2) is 11.5 Å². The number of ether oxygens (including phenoxy) is 1. The second-order valence-corrected chi connectivity index (χ2v) is 5.99. The normalized spacial score (nSPS) is 9.96. The predicted octanol–water partition coefficient (Wildman–Crippen LogP) is 1.76. The second-order valence-electron chi connectivity index (χ2n) is 5.02. The zero-order valence-corrected chi connectivity index (χ0v) is 14.6. The third-order valence-corrected chi connectivity index (χ3v) is 4.31. The van der Waals surface area contributed by atoms with Gasteiger partial charge >= 0.3 is 0 Å². The summed E-state index contributed by atoms with van der Waals surface area (Å²) in [5.41, 5.74) is 11.9. The van der Waals surface area contributed by atoms with Gasteiger partial charge in [0.05, 0.1) is 17.9 Å². The number of aromatic nitrogens is 1. The molecule has 0 fully saturated rings. The van der Waals surface area contributed by atoms with Crippen molar-refractivity contribution >= 4 is 23.5 Å². The molecule has 1 amide bonds. The Balaban J connectivity index is 2.74. The third kappa shape index (κ3) is 3.79. The first-order chi connectivity index (χ1) is 12.4. The van der Waals surface area contributed by atoms with E-state index in [-0.39, 0.29) is 44.8 Å². The van der Waals surface area contributed by atoms with Crippen LogP contribution >= 0.6 is 11.8 Å². The van der Waals surface area contributed by atoms with Crippen LogP contribution in [0.25, 0.3) is 11.1 Å². The molecule has 0 unspecified atom stereocenters. The van der Waals surface area contributed by atoms with E-state index in [1.807, 2.05) is 12.1 Å². The zero-order chi connectivity index (χ0) is 19.3. The first kappa shape index (κ1) is 18.9. The van der Waals surface area contributed by atoms with Crippen LogP contribution in [0, 0.1) is 22.7 Å². The number of nitrogens with two attached hydrogens (primary N) is 2. The van der Waals surface area contributed by atoms with Gasteiger partial charge in [0.1, 0.15) is 28.5 Å². The number of phenolic OH excluding ortho intramolecular Hbond substituents is 1. The molecular formula is C17H15N5O3S. The van der Waals surface area contributed by atoms with Crippen LogP contribution in [-0.4, -0.2) is 28.4 Å². The van der Waals surface area contributed by atoms with Gasteiger partial charge in [-0.25, -0.2) is 4.98 Å². The molecule has 132 valence electrons. The number of phenols is 1. The van der Waals surface area contributed by atoms with Crippen LogP contribution in [-0.2, 0) is 4.79 Å². The number of aromatic hydroxyl groups is 1. The number of amides is 1. The summed E-state index contributed by atoms with van der Waals surface area (Å²) in [6.45, 7) is 2.09. The number of nitriles is 2. The molecule has 1 aromatic carbocycles. The predicted molar refractivity (Wildman–Crippen MR) is 96.3 cm³/mol. The molecule has 0 spiro atoms. The lowest BCUT2D eigenvalue weighted by Gasteiger charge is -2.14. The SMILES string of the molecule is CCOc1cc(-c2c(C#N)c(N)nc(SCC(N)=O)c2C#N)ccc1O. The smallest absolute Gasteiger partial charge is 0.227 e. The summed E-state index contributed by atoms with van der Waals surface area (Å²) in [4.78, 5) is 15.1. The van der Waals surface area contributed by atoms with Gasteiger partial charge < -0.3 is 21.3 Å². The summed E-state index contributed by atoms with van der Waals surface area (Å²) in [5.74, 6) is -0.600. The Kier molecular flexibility index (Phi) is 5.89. The Hall–Kier alpha value is -3.43. The van der Waals surface area contributed by atoms with Gasteiger partial charge in [-0.3, -0.25) is 4.79 Å². The van der Waals surface area contributed by atoms with Crippen molar-refractivity contribution in [1.82, 2.24) is 4.98 Å². The van der Waals surface area contributed by atoms with Crippen LogP contribution in [0.2, 0.25) is 0 Å². The Bertz CT molecular complexity index is 947. The number of hydrogen-bond donors (Lipinski definition) is 3. The first-order valence-electron chi connectivity index (χ1n) is 7.43. The van der Waals surface area contributed by atoms with Crippen LogP contribution in [0.5, 0.6) is 11.5 Å². The van der Waals surface area contributed by atoms with Crippen molar-refractivity contribution in [2.75, 3.05) is 18.1 Å². The summed E-state index contributed by atoms with van der Waals surface area (Å²) in [5, 5.41) is 29.2. The van der Waals surface area contributed by atoms with Crippen molar-refractivity contribution in [1.29, 1.82) is 10.5 Å². The molecule has 0 atom stereocenters. The van der Waals surface area contributed by atoms with Crippen molar-refractivity contribution in [3.05, 3.63) is 29.3 Å². The minimum absolute atomic E-state index is 0.0260. The number of benzene rings is 1. The summed E-state index contributed by atoms with van der Waals surface area (Å²) in [6.07, 6.45) is 0. The van der Waals surface area contributed by atoms with E-state index in [2.05, 4.69) is 4.98 Å². The van der Waals surface area contributed by atoms with E-state index in [4.69, 9.17) is 16.2 Å². The first-order valence-corrected chi connectivity index (χ1v) is 8.42. The molecule has 0 saturated heterocycles. The minimum atomic E-state index is -0.576. The Morgan fingerprint density at radius 1 is 1.35 bits per heavy atom. The quantitative estimate of drug-likeness (QED) is 0.649. The fraction of sp³-hybridized carbons (Fsp3) is 0.176. The Morgan fingerprint density at radius 3 is 2.62 bits per heavy atom. The molecular weight excluding hydrogens is 354 g/mol. The number of anilines is 1. The molecule has 5 N–H and O–H groups in total. The number of carbonyl (C=O) groups is 1. The van der Waals surface area contributed by atoms with Gasteiger partial charge in [0.2, 0.25) is 5.91 Å². The number of nitrogen functional groups attached to an aromatic ring is 1. The minimum Gasteiger partial charge on any atom is -0.504 e. The lowest BCUT2D eigenvalue weighted by molar-refractivity contribution is -0.115. The number of carbonyl (C=O) groups excluding carboxylic acids is 1. The Labute approximate surface area is 154 Å². The molecule has 0 bridgehead atoms. The molecule has 0 saturated carbocycles. The lowest BCUT2D eigenvalue weighted by Crippen LogP contribution is -2.14. The fourth-order valence-corrected chi connectivity index (χ4v) is 3.01. The highest BCUT2D eigenvalue weighted by atomic mass is 32.2. The van der Waals surface area contributed by atoms with Crippen LogP contribution in [0.4, 0.5) is 5.82 Å². The molecule has 1 aromatic heterocycles. The lowest BCUT2D eigenvalue weighted by atomic mass is 9.96. The summed E-state index contributed by atoms with van der Waals surface area (Å²) in [7, 11) is 0. The van der Waals surface area contributed by atoms with E-state index in [0.717, 1.165) is 11.8 Å². The van der Waals surface area contributed by atoms with E-state index in [1.54, 1.807) is 6.92 Å². The number of nitrogens with zero attached hydrogens (tertiary/aromatic N) is 3. The average Bonchev–Trinajstić information content (AvgIpc) is 2.61. The highest BCUT2D eigenvalue weighted by molar-refractivity contribution is 8.00. The average molecular weight is 369 g/mol. The van der Waals surface area contributed by atoms with Gasteiger partial charge in [0, 0.05) is 5.56 Å². The van der Waals surface area contributed by atoms with Gasteiger partial charge in [-0.05, 0) is 24.6 Å². The van der Waals surface area contributed by atoms with Crippen LogP contribution in [0.15, 0.2) is 23.2 Å². The van der Waals surface area contributed by atoms with Crippen molar-refractivity contribution in [3.63, 3.8) is 0 Å². The fourth-order valence-electron chi connectivity index (χ4n) is 2.27. The van der Waals surface area contributed by atoms with Crippen molar-refractivity contribution in [3.8, 4) is 34.8 Å². The standard InChI is InChI=1S/C17H15N5O3S/c1-2-25-13-5-9(3-4-12(13)23)15-10(6-18)16(21)22-17(11(15)7-19)26-8-14(20)24/h3-5,23H,2,8H2,1H3,(H2,20,24)(H2,21,22). The number of thioether (sulfide) groups is 1. The van der Waals surface area contributed by atoms with Crippen LogP contribution in [0.3, 0.4) is 0 Å². The number of hydrogen-bond acceptors (Lipinski definition) is 8. The molecule has 0 aliphatic rings. The number of rotatable bonds is 6. The molecule has 0 radical (unpaired) electrons. The van der Waals surface area contributed by atoms with E-state index < -0.39 is 5.91 Å². The highest BCUT2D eigenvalue weighted by Crippen LogP contribution is 2.38. The molecule has 1 heterocycles. The van der Waals surface area contributed by atoms with E-state index in [9.17, 15) is 20.4 Å². The summed E-state index contributed by atoms with van der Waals surface area (Å²) in [6, 6.07) is 8.41. The monoisotopic (exact) mass is 369 g/mol. The number of pyridine rings is 1. The third-order valence-electron chi connectivity index (χ3n) is 3.32. The highest BCUT2D eigenvalue weighted by Gasteiger charge is 2.21. The maximum atomic E-state index is 11.1. The molecule has 0 aliphatic carbocycles. The second kappa shape index (κ2) is 8.10. The maximum Gasteiger partial charge on any atom is 0.227 e. The van der Waals surface area contributed by atoms with Gasteiger partial charge in [-0.1, -0.05) is 17.8 Å². The molecule has 8 nitrogen and oxygen atoms in total. The molecule has 2 aromatic rings.